The predicted octanol–water partition coefficient (Wildman–Crippen LogP) is 2.28. The molecular formula is C35H46N4O6. The maximum absolute atomic E-state index is 11.0. The van der Waals surface area contributed by atoms with Gasteiger partial charge in [-0.15, -0.1) is 0 Å². The molecule has 0 aliphatic carbocycles. The Morgan fingerprint density at radius 3 is 2.00 bits per heavy atom. The summed E-state index contributed by atoms with van der Waals surface area (Å²) in [7, 11) is 0. The maximum Gasteiger partial charge on any atom is 0.176 e. The van der Waals surface area contributed by atoms with Crippen molar-refractivity contribution in [3.63, 3.8) is 0 Å². The van der Waals surface area contributed by atoms with Gasteiger partial charge in [-0.2, -0.15) is 0 Å². The van der Waals surface area contributed by atoms with Crippen LogP contribution < -0.4 is 22.9 Å². The molecule has 5 rings (SSSR count). The molecule has 4 aromatic carbocycles. The van der Waals surface area contributed by atoms with Crippen LogP contribution in [0.3, 0.4) is 0 Å². The molecule has 0 bridgehead atoms. The molecule has 9 atom stereocenters. The summed E-state index contributed by atoms with van der Waals surface area (Å²) in [6.07, 6.45) is -4.57. The van der Waals surface area contributed by atoms with E-state index in [1.165, 1.54) is 0 Å². The van der Waals surface area contributed by atoms with Crippen LogP contribution >= 0.6 is 0 Å². The highest BCUT2D eigenvalue weighted by Crippen LogP contribution is 2.27. The Labute approximate surface area is 264 Å². The third-order valence-electron chi connectivity index (χ3n) is 8.76. The lowest BCUT2D eigenvalue weighted by atomic mass is 9.96. The van der Waals surface area contributed by atoms with E-state index in [9.17, 15) is 10.2 Å². The van der Waals surface area contributed by atoms with Crippen molar-refractivity contribution in [2.75, 3.05) is 13.2 Å². The number of hydrogen-bond acceptors (Lipinski definition) is 10. The van der Waals surface area contributed by atoms with Crippen molar-refractivity contribution in [3.05, 3.63) is 96.1 Å². The predicted molar refractivity (Wildman–Crippen MR) is 175 cm³/mol. The summed E-state index contributed by atoms with van der Waals surface area (Å²) in [6, 6.07) is 26.3. The molecule has 0 amide bonds. The Morgan fingerprint density at radius 2 is 1.40 bits per heavy atom. The lowest BCUT2D eigenvalue weighted by Crippen LogP contribution is -2.65. The number of hydrogen-bond donors (Lipinski definition) is 6. The van der Waals surface area contributed by atoms with Crippen molar-refractivity contribution < 1.29 is 29.2 Å². The van der Waals surface area contributed by atoms with Crippen LogP contribution in [0.1, 0.15) is 24.5 Å². The third-order valence-corrected chi connectivity index (χ3v) is 8.76. The minimum absolute atomic E-state index is 0.0220. The largest absolute Gasteiger partial charge is 0.394 e. The van der Waals surface area contributed by atoms with Gasteiger partial charge < -0.3 is 52.1 Å². The molecule has 45 heavy (non-hydrogen) atoms. The Bertz CT molecular complexity index is 1510. The first-order valence-electron chi connectivity index (χ1n) is 15.5. The van der Waals surface area contributed by atoms with Gasteiger partial charge in [0.15, 0.2) is 6.29 Å². The normalized spacial score (nSPS) is 24.8. The molecule has 10 N–H and O–H groups in total. The fraction of sp³-hybridized carbons (Fsp3) is 0.429. The van der Waals surface area contributed by atoms with Gasteiger partial charge in [0.2, 0.25) is 0 Å². The topological polar surface area (TPSA) is 181 Å². The zero-order valence-corrected chi connectivity index (χ0v) is 25.7. The molecule has 1 aliphatic heterocycles. The van der Waals surface area contributed by atoms with E-state index in [2.05, 4.69) is 18.2 Å². The average Bonchev–Trinajstić information content (AvgIpc) is 3.06. The standard InChI is InChI=1S/C35H46N4O6/c1-21(42-19-24-12-6-10-22-8-2-4-14-26(22)24)28(37)16-29(38)31(18-40)45-35-32(39)34(33(41)30(17-36)44-35)43-20-25-13-7-11-23-9-3-5-15-27(23)25/h2-15,21,28-35,40-41H,16-20,36-39H2,1H3. The van der Waals surface area contributed by atoms with Crippen LogP contribution in [-0.4, -0.2) is 78.3 Å². The van der Waals surface area contributed by atoms with E-state index >= 15 is 0 Å². The summed E-state index contributed by atoms with van der Waals surface area (Å²) in [5.41, 5.74) is 27.5. The minimum Gasteiger partial charge on any atom is -0.394 e. The van der Waals surface area contributed by atoms with Crippen molar-refractivity contribution in [1.29, 1.82) is 0 Å². The van der Waals surface area contributed by atoms with Crippen molar-refractivity contribution in [2.24, 2.45) is 22.9 Å². The summed E-state index contributed by atoms with van der Waals surface area (Å²) < 4.78 is 24.4. The Hall–Kier alpha value is -3.00. The van der Waals surface area contributed by atoms with Crippen molar-refractivity contribution >= 4 is 21.5 Å². The number of rotatable bonds is 14. The monoisotopic (exact) mass is 618 g/mol. The number of benzene rings is 4. The highest BCUT2D eigenvalue weighted by atomic mass is 16.7. The highest BCUT2D eigenvalue weighted by molar-refractivity contribution is 5.86. The minimum atomic E-state index is -1.07. The summed E-state index contributed by atoms with van der Waals surface area (Å²) in [4.78, 5) is 0. The molecule has 4 aromatic rings. The van der Waals surface area contributed by atoms with Gasteiger partial charge in [0.25, 0.3) is 0 Å². The van der Waals surface area contributed by atoms with Crippen LogP contribution in [0, 0.1) is 0 Å². The van der Waals surface area contributed by atoms with Crippen LogP contribution in [0.2, 0.25) is 0 Å². The molecule has 1 saturated heterocycles. The number of fused-ring (bicyclic) bond motifs is 2. The zero-order chi connectivity index (χ0) is 31.9. The van der Waals surface area contributed by atoms with Crippen molar-refractivity contribution in [2.45, 2.75) is 81.5 Å². The van der Waals surface area contributed by atoms with E-state index in [0.717, 1.165) is 32.7 Å². The molecule has 242 valence electrons. The SMILES string of the molecule is CC(OCc1cccc2ccccc12)C(N)CC(N)C(CO)OC1OC(CN)C(O)C(OCc2cccc3ccccc23)C1N. The quantitative estimate of drug-likeness (QED) is 0.123. The first-order valence-corrected chi connectivity index (χ1v) is 15.5. The Kier molecular flexibility index (Phi) is 11.5. The number of ether oxygens (including phenoxy) is 4. The molecule has 1 heterocycles. The summed E-state index contributed by atoms with van der Waals surface area (Å²) in [6.45, 7) is 2.16. The van der Waals surface area contributed by atoms with Gasteiger partial charge in [-0.25, -0.2) is 0 Å². The second kappa shape index (κ2) is 15.5. The number of aliphatic hydroxyl groups is 2. The van der Waals surface area contributed by atoms with E-state index in [0.29, 0.717) is 13.0 Å². The van der Waals surface area contributed by atoms with Crippen molar-refractivity contribution in [3.8, 4) is 0 Å². The van der Waals surface area contributed by atoms with Gasteiger partial charge in [-0.1, -0.05) is 84.9 Å². The van der Waals surface area contributed by atoms with E-state index in [-0.39, 0.29) is 25.9 Å². The zero-order valence-electron chi connectivity index (χ0n) is 25.7. The average molecular weight is 619 g/mol. The molecule has 10 nitrogen and oxygen atoms in total. The lowest BCUT2D eigenvalue weighted by molar-refractivity contribution is -0.282. The first kappa shape index (κ1) is 33.4. The number of aliphatic hydroxyl groups excluding tert-OH is 2. The Morgan fingerprint density at radius 1 is 0.822 bits per heavy atom. The van der Waals surface area contributed by atoms with E-state index in [4.69, 9.17) is 41.9 Å². The number of nitrogens with two attached hydrogens (primary N) is 4. The summed E-state index contributed by atoms with van der Waals surface area (Å²) >= 11 is 0. The highest BCUT2D eigenvalue weighted by Gasteiger charge is 2.45. The molecule has 0 saturated carbocycles. The van der Waals surface area contributed by atoms with E-state index in [1.54, 1.807) is 0 Å². The van der Waals surface area contributed by atoms with Gasteiger partial charge in [-0.3, -0.25) is 0 Å². The molecular weight excluding hydrogens is 572 g/mol. The fourth-order valence-corrected chi connectivity index (χ4v) is 5.94. The molecule has 1 fully saturated rings. The molecule has 0 aromatic heterocycles. The van der Waals surface area contributed by atoms with Crippen LogP contribution in [0.25, 0.3) is 21.5 Å². The smallest absolute Gasteiger partial charge is 0.176 e. The lowest BCUT2D eigenvalue weighted by Gasteiger charge is -2.44. The second-order valence-electron chi connectivity index (χ2n) is 11.8. The van der Waals surface area contributed by atoms with E-state index < -0.39 is 48.8 Å². The molecule has 0 radical (unpaired) electrons. The van der Waals surface area contributed by atoms with Crippen LogP contribution in [0.5, 0.6) is 0 Å². The van der Waals surface area contributed by atoms with Crippen LogP contribution in [0.4, 0.5) is 0 Å². The van der Waals surface area contributed by atoms with Crippen LogP contribution in [-0.2, 0) is 32.2 Å². The Balaban J connectivity index is 1.19. The first-order chi connectivity index (χ1) is 21.8. The van der Waals surface area contributed by atoms with Crippen molar-refractivity contribution in [1.82, 2.24) is 0 Å². The van der Waals surface area contributed by atoms with Gasteiger partial charge in [-0.05, 0) is 46.0 Å². The fourth-order valence-electron chi connectivity index (χ4n) is 5.94. The summed E-state index contributed by atoms with van der Waals surface area (Å²) in [5.74, 6) is 0. The van der Waals surface area contributed by atoms with Gasteiger partial charge in [0.1, 0.15) is 18.3 Å². The third kappa shape index (κ3) is 7.87. The molecule has 1 aliphatic rings. The van der Waals surface area contributed by atoms with Gasteiger partial charge in [0, 0.05) is 18.6 Å². The molecule has 9 unspecified atom stereocenters. The molecule has 0 spiro atoms. The summed E-state index contributed by atoms with van der Waals surface area (Å²) in [5, 5.41) is 25.7. The second-order valence-corrected chi connectivity index (χ2v) is 11.8. The van der Waals surface area contributed by atoms with E-state index in [1.807, 2.05) is 73.7 Å². The van der Waals surface area contributed by atoms with Crippen LogP contribution in [0.15, 0.2) is 84.9 Å². The molecule has 10 heteroatoms. The maximum atomic E-state index is 11.0. The van der Waals surface area contributed by atoms with Gasteiger partial charge in [0.05, 0.1) is 38.1 Å². The van der Waals surface area contributed by atoms with Gasteiger partial charge >= 0.3 is 0 Å².